The van der Waals surface area contributed by atoms with Gasteiger partial charge < -0.3 is 20.3 Å². The van der Waals surface area contributed by atoms with Crippen molar-refractivity contribution in [3.8, 4) is 11.1 Å². The van der Waals surface area contributed by atoms with Crippen molar-refractivity contribution in [2.24, 2.45) is 5.92 Å². The van der Waals surface area contributed by atoms with E-state index in [-0.39, 0.29) is 17.4 Å². The third-order valence-electron chi connectivity index (χ3n) is 6.53. The Balaban J connectivity index is 1.39. The van der Waals surface area contributed by atoms with E-state index in [1.807, 2.05) is 31.2 Å². The molecule has 1 saturated heterocycles. The molecule has 180 valence electrons. The number of halogens is 1. The minimum atomic E-state index is -0.904. The normalized spacial score (nSPS) is 15.6. The van der Waals surface area contributed by atoms with Gasteiger partial charge in [0.25, 0.3) is 0 Å². The molecule has 3 N–H and O–H groups in total. The molecule has 5 rings (SSSR count). The number of nitrogens with one attached hydrogen (secondary N) is 2. The van der Waals surface area contributed by atoms with Crippen LogP contribution in [0.1, 0.15) is 17.5 Å². The van der Waals surface area contributed by atoms with Gasteiger partial charge in [0.05, 0.1) is 12.7 Å². The zero-order valence-corrected chi connectivity index (χ0v) is 19.2. The molecule has 2 aromatic carbocycles. The molecule has 1 fully saturated rings. The molecular weight excluding hydrogens is 451 g/mol. The Morgan fingerprint density at radius 2 is 2.11 bits per heavy atom. The van der Waals surface area contributed by atoms with Crippen LogP contribution in [0.3, 0.4) is 0 Å². The highest BCUT2D eigenvalue weighted by Crippen LogP contribution is 2.27. The average molecular weight is 477 g/mol. The van der Waals surface area contributed by atoms with E-state index in [1.54, 1.807) is 16.8 Å². The molecule has 1 atom stereocenters. The second-order valence-corrected chi connectivity index (χ2v) is 8.81. The Hall–Kier alpha value is -4.21. The minimum absolute atomic E-state index is 0.173. The van der Waals surface area contributed by atoms with Crippen LogP contribution in [-0.2, 0) is 6.54 Å². The molecule has 10 heteroatoms. The fourth-order valence-electron chi connectivity index (χ4n) is 4.58. The van der Waals surface area contributed by atoms with Crippen molar-refractivity contribution in [2.75, 3.05) is 25.0 Å². The maximum Gasteiger partial charge on any atom is 0.407 e. The van der Waals surface area contributed by atoms with Crippen LogP contribution in [0.15, 0.2) is 53.5 Å². The fraction of sp³-hybridized carbons (Fsp3) is 0.280. The van der Waals surface area contributed by atoms with Gasteiger partial charge in [0.1, 0.15) is 11.3 Å². The monoisotopic (exact) mass is 476 g/mol. The molecule has 0 spiro atoms. The number of imidazole rings is 1. The van der Waals surface area contributed by atoms with E-state index in [2.05, 4.69) is 20.3 Å². The second-order valence-electron chi connectivity index (χ2n) is 8.81. The van der Waals surface area contributed by atoms with Crippen molar-refractivity contribution in [2.45, 2.75) is 19.9 Å². The summed E-state index contributed by atoms with van der Waals surface area (Å²) < 4.78 is 15.3. The van der Waals surface area contributed by atoms with Gasteiger partial charge in [-0.05, 0) is 53.6 Å². The summed E-state index contributed by atoms with van der Waals surface area (Å²) in [6.45, 7) is 3.78. The van der Waals surface area contributed by atoms with Crippen LogP contribution in [0, 0.1) is 18.7 Å². The molecule has 35 heavy (non-hydrogen) atoms. The number of aromatic amines is 1. The van der Waals surface area contributed by atoms with E-state index in [0.717, 1.165) is 28.7 Å². The molecule has 9 nitrogen and oxygen atoms in total. The summed E-state index contributed by atoms with van der Waals surface area (Å²) in [5.41, 5.74) is 4.25. The van der Waals surface area contributed by atoms with Gasteiger partial charge >= 0.3 is 11.8 Å². The highest BCUT2D eigenvalue weighted by Gasteiger charge is 2.25. The van der Waals surface area contributed by atoms with E-state index in [1.165, 1.54) is 17.0 Å². The Morgan fingerprint density at radius 3 is 2.89 bits per heavy atom. The molecule has 0 saturated carbocycles. The van der Waals surface area contributed by atoms with Crippen molar-refractivity contribution < 1.29 is 14.3 Å². The first-order valence-corrected chi connectivity index (χ1v) is 11.4. The Bertz CT molecular complexity index is 1460. The first-order valence-electron chi connectivity index (χ1n) is 11.4. The molecule has 1 amide bonds. The molecular formula is C25H25FN6O3. The first-order chi connectivity index (χ1) is 16.9. The van der Waals surface area contributed by atoms with Gasteiger partial charge in [-0.25, -0.2) is 19.0 Å². The van der Waals surface area contributed by atoms with Gasteiger partial charge in [-0.15, -0.1) is 0 Å². The third kappa shape index (κ3) is 4.59. The van der Waals surface area contributed by atoms with Crippen LogP contribution >= 0.6 is 0 Å². The van der Waals surface area contributed by atoms with Crippen molar-refractivity contribution in [3.05, 3.63) is 76.1 Å². The number of fused-ring (bicyclic) bond motifs is 1. The SMILES string of the molecule is Cc1c(Cn2c(=O)[nH]c3cnc(NCC4CCN(C(=O)O)C4)nc32)cccc1-c1cccc(F)c1. The quantitative estimate of drug-likeness (QED) is 0.391. The molecule has 3 heterocycles. The van der Waals surface area contributed by atoms with Gasteiger partial charge in [-0.1, -0.05) is 30.3 Å². The first kappa shape index (κ1) is 22.6. The van der Waals surface area contributed by atoms with Crippen LogP contribution in [0.2, 0.25) is 0 Å². The number of likely N-dealkylation sites (tertiary alicyclic amines) is 1. The largest absolute Gasteiger partial charge is 0.465 e. The molecule has 1 aliphatic rings. The topological polar surface area (TPSA) is 116 Å². The highest BCUT2D eigenvalue weighted by atomic mass is 19.1. The Morgan fingerprint density at radius 1 is 1.29 bits per heavy atom. The number of carboxylic acid groups (broad SMARTS) is 1. The number of anilines is 1. The number of amides is 1. The van der Waals surface area contributed by atoms with E-state index >= 15 is 0 Å². The molecule has 1 unspecified atom stereocenters. The van der Waals surface area contributed by atoms with E-state index in [4.69, 9.17) is 5.11 Å². The van der Waals surface area contributed by atoms with Gasteiger partial charge in [0.2, 0.25) is 5.95 Å². The standard InChI is InChI=1S/C25H25FN6O3/c1-15-18(5-3-7-20(15)17-4-2-6-19(26)10-17)14-32-22-21(29-24(32)33)12-28-23(30-22)27-11-16-8-9-31(13-16)25(34)35/h2-7,10,12,16H,8-9,11,13-14H2,1H3,(H,29,33)(H,34,35)(H,27,28,30). The fourth-order valence-corrected chi connectivity index (χ4v) is 4.58. The predicted octanol–water partition coefficient (Wildman–Crippen LogP) is 3.69. The number of H-pyrrole nitrogens is 1. The lowest BCUT2D eigenvalue weighted by Crippen LogP contribution is -2.28. The third-order valence-corrected chi connectivity index (χ3v) is 6.53. The van der Waals surface area contributed by atoms with Crippen molar-refractivity contribution in [3.63, 3.8) is 0 Å². The van der Waals surface area contributed by atoms with Crippen molar-refractivity contribution in [1.82, 2.24) is 24.4 Å². The summed E-state index contributed by atoms with van der Waals surface area (Å²) in [5.74, 6) is 0.251. The van der Waals surface area contributed by atoms with Gasteiger partial charge in [-0.2, -0.15) is 4.98 Å². The molecule has 2 aromatic heterocycles. The van der Waals surface area contributed by atoms with Crippen LogP contribution in [0.5, 0.6) is 0 Å². The Kier molecular flexibility index (Phi) is 5.94. The lowest BCUT2D eigenvalue weighted by atomic mass is 9.96. The number of carbonyl (C=O) groups is 1. The number of rotatable bonds is 6. The van der Waals surface area contributed by atoms with Crippen LogP contribution < -0.4 is 11.0 Å². The molecule has 0 bridgehead atoms. The number of hydrogen-bond acceptors (Lipinski definition) is 5. The summed E-state index contributed by atoms with van der Waals surface area (Å²) in [4.78, 5) is 36.9. The summed E-state index contributed by atoms with van der Waals surface area (Å²) >= 11 is 0. The van der Waals surface area contributed by atoms with Crippen LogP contribution in [0.25, 0.3) is 22.3 Å². The zero-order valence-electron chi connectivity index (χ0n) is 19.2. The lowest BCUT2D eigenvalue weighted by Gasteiger charge is -2.13. The Labute approximate surface area is 200 Å². The molecule has 0 aliphatic carbocycles. The van der Waals surface area contributed by atoms with Crippen molar-refractivity contribution in [1.29, 1.82) is 0 Å². The molecule has 0 radical (unpaired) electrons. The summed E-state index contributed by atoms with van der Waals surface area (Å²) in [7, 11) is 0. The minimum Gasteiger partial charge on any atom is -0.465 e. The zero-order chi connectivity index (χ0) is 24.5. The van der Waals surface area contributed by atoms with E-state index < -0.39 is 6.09 Å². The maximum atomic E-state index is 13.8. The molecule has 4 aromatic rings. The predicted molar refractivity (Wildman–Crippen MR) is 130 cm³/mol. The number of nitrogens with zero attached hydrogens (tertiary/aromatic N) is 4. The average Bonchev–Trinajstić information content (AvgIpc) is 3.43. The smallest absolute Gasteiger partial charge is 0.407 e. The van der Waals surface area contributed by atoms with Crippen LogP contribution in [0.4, 0.5) is 15.1 Å². The highest BCUT2D eigenvalue weighted by molar-refractivity contribution is 5.72. The van der Waals surface area contributed by atoms with Crippen LogP contribution in [-0.4, -0.2) is 55.3 Å². The summed E-state index contributed by atoms with van der Waals surface area (Å²) in [6, 6.07) is 12.2. The van der Waals surface area contributed by atoms with E-state index in [9.17, 15) is 14.0 Å². The van der Waals surface area contributed by atoms with E-state index in [0.29, 0.717) is 43.3 Å². The lowest BCUT2D eigenvalue weighted by molar-refractivity contribution is 0.154. The number of benzene rings is 2. The van der Waals surface area contributed by atoms with Gasteiger partial charge in [0.15, 0.2) is 5.65 Å². The summed E-state index contributed by atoms with van der Waals surface area (Å²) in [5, 5.41) is 12.3. The number of hydrogen-bond donors (Lipinski definition) is 3. The summed E-state index contributed by atoms with van der Waals surface area (Å²) in [6.07, 6.45) is 1.44. The maximum absolute atomic E-state index is 13.8. The molecule has 1 aliphatic heterocycles. The van der Waals surface area contributed by atoms with Crippen molar-refractivity contribution >= 4 is 23.2 Å². The van der Waals surface area contributed by atoms with Gasteiger partial charge in [-0.3, -0.25) is 4.57 Å². The second kappa shape index (κ2) is 9.21. The number of aromatic nitrogens is 4. The van der Waals surface area contributed by atoms with Gasteiger partial charge in [0, 0.05) is 19.6 Å².